The Hall–Kier alpha value is -3.52. The van der Waals surface area contributed by atoms with Gasteiger partial charge in [-0.1, -0.05) is 24.3 Å². The van der Waals surface area contributed by atoms with Crippen molar-refractivity contribution in [2.45, 2.75) is 45.9 Å². The van der Waals surface area contributed by atoms with E-state index in [9.17, 15) is 9.18 Å². The van der Waals surface area contributed by atoms with Crippen molar-refractivity contribution in [2.24, 2.45) is 0 Å². The number of anilines is 1. The normalized spacial score (nSPS) is 14.9. The zero-order valence-electron chi connectivity index (χ0n) is 21.3. The molecule has 1 amide bonds. The van der Waals surface area contributed by atoms with E-state index in [4.69, 9.17) is 9.47 Å². The second-order valence-electron chi connectivity index (χ2n) is 9.85. The summed E-state index contributed by atoms with van der Waals surface area (Å²) in [7, 11) is 0. The van der Waals surface area contributed by atoms with Crippen LogP contribution in [-0.4, -0.2) is 52.9 Å². The van der Waals surface area contributed by atoms with Gasteiger partial charge in [-0.25, -0.2) is 14.2 Å². The first-order valence-electron chi connectivity index (χ1n) is 12.2. The molecule has 0 radical (unpaired) electrons. The summed E-state index contributed by atoms with van der Waals surface area (Å²) in [5.41, 5.74) is 2.29. The lowest BCUT2D eigenvalue weighted by atomic mass is 10.1. The van der Waals surface area contributed by atoms with Crippen LogP contribution in [0.5, 0.6) is 0 Å². The molecule has 3 heterocycles. The number of rotatable bonds is 6. The molecule has 190 valence electrons. The number of ether oxygens (including phenoxy) is 2. The summed E-state index contributed by atoms with van der Waals surface area (Å²) >= 11 is 0. The van der Waals surface area contributed by atoms with Gasteiger partial charge >= 0.3 is 6.09 Å². The second-order valence-corrected chi connectivity index (χ2v) is 9.85. The van der Waals surface area contributed by atoms with Crippen molar-refractivity contribution in [1.29, 1.82) is 0 Å². The fraction of sp³-hybridized carbons (Fsp3) is 0.393. The molecule has 1 saturated heterocycles. The Balaban J connectivity index is 1.51. The number of carbonyl (C=O) groups is 1. The van der Waals surface area contributed by atoms with Crippen molar-refractivity contribution >= 4 is 11.9 Å². The Labute approximate surface area is 211 Å². The molecule has 1 atom stereocenters. The van der Waals surface area contributed by atoms with Crippen LogP contribution in [0.4, 0.5) is 15.0 Å². The highest BCUT2D eigenvalue weighted by Crippen LogP contribution is 2.27. The smallest absolute Gasteiger partial charge is 0.411 e. The van der Waals surface area contributed by atoms with Gasteiger partial charge in [0.2, 0.25) is 0 Å². The first-order valence-corrected chi connectivity index (χ1v) is 12.2. The van der Waals surface area contributed by atoms with Crippen LogP contribution < -0.4 is 4.90 Å². The van der Waals surface area contributed by atoms with E-state index in [1.807, 2.05) is 51.2 Å². The highest BCUT2D eigenvalue weighted by atomic mass is 19.1. The van der Waals surface area contributed by atoms with E-state index in [2.05, 4.69) is 14.9 Å². The van der Waals surface area contributed by atoms with Crippen LogP contribution in [0.1, 0.15) is 45.0 Å². The maximum atomic E-state index is 14.5. The molecular formula is C28H33FN4O3. The predicted octanol–water partition coefficient (Wildman–Crippen LogP) is 5.62. The Kier molecular flexibility index (Phi) is 7.84. The maximum absolute atomic E-state index is 14.5. The van der Waals surface area contributed by atoms with E-state index in [0.717, 1.165) is 30.0 Å². The molecule has 8 heteroatoms. The van der Waals surface area contributed by atoms with Gasteiger partial charge in [0.05, 0.1) is 31.5 Å². The Morgan fingerprint density at radius 2 is 1.72 bits per heavy atom. The van der Waals surface area contributed by atoms with Crippen LogP contribution in [0.3, 0.4) is 0 Å². The lowest BCUT2D eigenvalue weighted by molar-refractivity contribution is 0.0147. The molecule has 0 spiro atoms. The minimum atomic E-state index is -0.679. The fourth-order valence-electron chi connectivity index (χ4n) is 4.06. The van der Waals surface area contributed by atoms with Crippen LogP contribution in [-0.2, 0) is 16.0 Å². The van der Waals surface area contributed by atoms with Gasteiger partial charge in [-0.2, -0.15) is 0 Å². The molecule has 1 aliphatic heterocycles. The van der Waals surface area contributed by atoms with Gasteiger partial charge in [-0.3, -0.25) is 9.88 Å². The molecule has 0 bridgehead atoms. The number of morpholine rings is 1. The molecule has 1 fully saturated rings. The van der Waals surface area contributed by atoms with Crippen molar-refractivity contribution in [2.75, 3.05) is 31.2 Å². The first kappa shape index (κ1) is 25.6. The zero-order valence-corrected chi connectivity index (χ0v) is 21.3. The number of amides is 1. The van der Waals surface area contributed by atoms with E-state index >= 15 is 0 Å². The van der Waals surface area contributed by atoms with E-state index in [1.54, 1.807) is 31.3 Å². The highest BCUT2D eigenvalue weighted by molar-refractivity contribution is 5.69. The van der Waals surface area contributed by atoms with Crippen LogP contribution >= 0.6 is 0 Å². The number of halogens is 1. The molecule has 0 aliphatic carbocycles. The standard InChI is InChI=1S/C28H33FN4O3/c1-20(24-7-5-6-8-25(24)29)33(27(34)36-28(2,3)4)19-23-11-9-21(17-30-23)22-10-12-26(31-18-22)32-13-15-35-16-14-32/h5-12,17-18,20H,13-16,19H2,1-4H3/t20-/m1/s1. The summed E-state index contributed by atoms with van der Waals surface area (Å²) < 4.78 is 25.6. The topological polar surface area (TPSA) is 67.8 Å². The zero-order chi connectivity index (χ0) is 25.7. The maximum Gasteiger partial charge on any atom is 0.411 e. The summed E-state index contributed by atoms with van der Waals surface area (Å²) in [6.45, 7) is 10.5. The monoisotopic (exact) mass is 492 g/mol. The second kappa shape index (κ2) is 11.0. The molecule has 4 rings (SSSR count). The van der Waals surface area contributed by atoms with E-state index < -0.39 is 17.7 Å². The van der Waals surface area contributed by atoms with Gasteiger partial charge < -0.3 is 14.4 Å². The van der Waals surface area contributed by atoms with E-state index in [-0.39, 0.29) is 12.4 Å². The van der Waals surface area contributed by atoms with Gasteiger partial charge in [0, 0.05) is 42.2 Å². The molecule has 1 aliphatic rings. The number of carbonyl (C=O) groups excluding carboxylic acids is 1. The largest absolute Gasteiger partial charge is 0.444 e. The Morgan fingerprint density at radius 3 is 2.31 bits per heavy atom. The lowest BCUT2D eigenvalue weighted by Crippen LogP contribution is -2.38. The molecule has 0 unspecified atom stereocenters. The third-order valence-electron chi connectivity index (χ3n) is 6.02. The lowest BCUT2D eigenvalue weighted by Gasteiger charge is -2.32. The number of pyridine rings is 2. The fourth-order valence-corrected chi connectivity index (χ4v) is 4.06. The number of benzene rings is 1. The quantitative estimate of drug-likeness (QED) is 0.445. The number of nitrogens with zero attached hydrogens (tertiary/aromatic N) is 4. The molecule has 1 aromatic carbocycles. The SMILES string of the molecule is C[C@H](c1ccccc1F)N(Cc1ccc(-c2ccc(N3CCOCC3)nc2)cn1)C(=O)OC(C)(C)C. The number of hydrogen-bond donors (Lipinski definition) is 0. The average Bonchev–Trinajstić information content (AvgIpc) is 2.87. The summed E-state index contributed by atoms with van der Waals surface area (Å²) in [5, 5.41) is 0. The summed E-state index contributed by atoms with van der Waals surface area (Å²) in [6, 6.07) is 13.8. The van der Waals surface area contributed by atoms with Crippen molar-refractivity contribution in [1.82, 2.24) is 14.9 Å². The van der Waals surface area contributed by atoms with Gasteiger partial charge in [-0.05, 0) is 52.0 Å². The molecular weight excluding hydrogens is 459 g/mol. The molecule has 3 aromatic rings. The number of hydrogen-bond acceptors (Lipinski definition) is 6. The minimum absolute atomic E-state index is 0.179. The average molecular weight is 493 g/mol. The number of aromatic nitrogens is 2. The van der Waals surface area contributed by atoms with Gasteiger partial charge in [0.25, 0.3) is 0 Å². The van der Waals surface area contributed by atoms with Crippen LogP contribution in [0.2, 0.25) is 0 Å². The van der Waals surface area contributed by atoms with Crippen molar-refractivity contribution < 1.29 is 18.7 Å². The minimum Gasteiger partial charge on any atom is -0.444 e. The van der Waals surface area contributed by atoms with Crippen LogP contribution in [0, 0.1) is 5.82 Å². The molecule has 2 aromatic heterocycles. The van der Waals surface area contributed by atoms with Crippen molar-refractivity contribution in [3.8, 4) is 11.1 Å². The molecule has 7 nitrogen and oxygen atoms in total. The van der Waals surface area contributed by atoms with Crippen molar-refractivity contribution in [3.63, 3.8) is 0 Å². The van der Waals surface area contributed by atoms with E-state index in [1.165, 1.54) is 11.0 Å². The van der Waals surface area contributed by atoms with Gasteiger partial charge in [0.1, 0.15) is 17.2 Å². The van der Waals surface area contributed by atoms with E-state index in [0.29, 0.717) is 24.5 Å². The molecule has 0 N–H and O–H groups in total. The predicted molar refractivity (Wildman–Crippen MR) is 137 cm³/mol. The molecule has 0 saturated carbocycles. The summed E-state index contributed by atoms with van der Waals surface area (Å²) in [5.74, 6) is 0.566. The Bertz CT molecular complexity index is 1160. The molecule has 36 heavy (non-hydrogen) atoms. The van der Waals surface area contributed by atoms with Crippen LogP contribution in [0.15, 0.2) is 60.9 Å². The Morgan fingerprint density at radius 1 is 1.06 bits per heavy atom. The summed E-state index contributed by atoms with van der Waals surface area (Å²) in [4.78, 5) is 26.0. The third kappa shape index (κ3) is 6.37. The first-order chi connectivity index (χ1) is 17.2. The van der Waals surface area contributed by atoms with Gasteiger partial charge in [-0.15, -0.1) is 0 Å². The highest BCUT2D eigenvalue weighted by Gasteiger charge is 2.28. The van der Waals surface area contributed by atoms with Crippen LogP contribution in [0.25, 0.3) is 11.1 Å². The van der Waals surface area contributed by atoms with Gasteiger partial charge in [0.15, 0.2) is 0 Å². The summed E-state index contributed by atoms with van der Waals surface area (Å²) in [6.07, 6.45) is 3.09. The third-order valence-corrected chi connectivity index (χ3v) is 6.02. The van der Waals surface area contributed by atoms with Crippen molar-refractivity contribution in [3.05, 3.63) is 78.0 Å².